The number of ketones is 1. The number of hydrogen-bond donors (Lipinski definition) is 1. The first-order chi connectivity index (χ1) is 13.9. The lowest BCUT2D eigenvalue weighted by molar-refractivity contribution is -0.133. The summed E-state index contributed by atoms with van der Waals surface area (Å²) in [6.45, 7) is 1.80. The molecule has 1 heterocycles. The fraction of sp³-hybridized carbons (Fsp3) is 0.800. The summed E-state index contributed by atoms with van der Waals surface area (Å²) in [5.41, 5.74) is -0.931. The predicted molar refractivity (Wildman–Crippen MR) is 109 cm³/mol. The fourth-order valence-electron chi connectivity index (χ4n) is 8.32. The van der Waals surface area contributed by atoms with Gasteiger partial charge in [-0.25, -0.2) is 4.39 Å². The maximum absolute atomic E-state index is 13.3. The second-order valence-corrected chi connectivity index (χ2v) is 10.9. The summed E-state index contributed by atoms with van der Waals surface area (Å²) in [6, 6.07) is 3.77. The molecule has 29 heavy (non-hydrogen) atoms. The van der Waals surface area contributed by atoms with Crippen LogP contribution in [0.3, 0.4) is 0 Å². The van der Waals surface area contributed by atoms with E-state index in [1.807, 2.05) is 12.1 Å². The summed E-state index contributed by atoms with van der Waals surface area (Å²) in [4.78, 5) is 13.1. The molecule has 3 nitrogen and oxygen atoms in total. The second kappa shape index (κ2) is 7.21. The van der Waals surface area contributed by atoms with E-state index in [4.69, 9.17) is 4.42 Å². The smallest absolute Gasteiger partial charge is 0.144 e. The van der Waals surface area contributed by atoms with E-state index in [9.17, 15) is 14.3 Å². The fourth-order valence-corrected chi connectivity index (χ4v) is 8.32. The molecular weight excluding hydrogens is 367 g/mol. The minimum Gasteiger partial charge on any atom is -0.469 e. The average molecular weight is 403 g/mol. The van der Waals surface area contributed by atoms with Gasteiger partial charge in [0.1, 0.15) is 18.2 Å². The van der Waals surface area contributed by atoms with Crippen LogP contribution in [0.1, 0.15) is 70.5 Å². The second-order valence-electron chi connectivity index (χ2n) is 10.9. The molecule has 0 spiro atoms. The highest BCUT2D eigenvalue weighted by Gasteiger charge is 2.58. The van der Waals surface area contributed by atoms with Gasteiger partial charge in [0.2, 0.25) is 0 Å². The lowest BCUT2D eigenvalue weighted by Crippen LogP contribution is -2.52. The van der Waals surface area contributed by atoms with Gasteiger partial charge in [-0.1, -0.05) is 6.92 Å². The van der Waals surface area contributed by atoms with Crippen molar-refractivity contribution in [1.82, 2.24) is 0 Å². The zero-order chi connectivity index (χ0) is 20.2. The van der Waals surface area contributed by atoms with Crippen molar-refractivity contribution in [1.29, 1.82) is 0 Å². The molecule has 0 bridgehead atoms. The average Bonchev–Trinajstić information content (AvgIpc) is 3.34. The number of carbonyl (C=O) groups excluding carboxylic acids is 1. The van der Waals surface area contributed by atoms with Crippen molar-refractivity contribution in [3.05, 3.63) is 24.2 Å². The molecule has 0 amide bonds. The van der Waals surface area contributed by atoms with Crippen LogP contribution in [-0.2, 0) is 11.2 Å². The number of Topliss-reactive ketones (excluding diaryl/α,β-unsaturated/α-hetero) is 1. The Morgan fingerprint density at radius 2 is 1.97 bits per heavy atom. The van der Waals surface area contributed by atoms with Crippen molar-refractivity contribution in [3.8, 4) is 0 Å². The SMILES string of the molecule is C[C@]12CC[C@H]3[C@@H](CC[C@@H]4C[C@@](O)(CF)CC[C@@H]43)[C@@H]1CC[C@@H]2C(=O)Cc1ccco1. The predicted octanol–water partition coefficient (Wildman–Crippen LogP) is 5.36. The quantitative estimate of drug-likeness (QED) is 0.737. The maximum Gasteiger partial charge on any atom is 0.144 e. The summed E-state index contributed by atoms with van der Waals surface area (Å²) < 4.78 is 18.8. The van der Waals surface area contributed by atoms with Gasteiger partial charge in [-0.05, 0) is 105 Å². The Morgan fingerprint density at radius 1 is 1.14 bits per heavy atom. The van der Waals surface area contributed by atoms with E-state index in [0.29, 0.717) is 48.7 Å². The zero-order valence-electron chi connectivity index (χ0n) is 17.6. The van der Waals surface area contributed by atoms with Gasteiger partial charge in [0.05, 0.1) is 18.3 Å². The highest BCUT2D eigenvalue weighted by atomic mass is 19.1. The Morgan fingerprint density at radius 3 is 2.72 bits per heavy atom. The number of furan rings is 1. The molecule has 1 N–H and O–H groups in total. The highest BCUT2D eigenvalue weighted by molar-refractivity contribution is 5.84. The van der Waals surface area contributed by atoms with E-state index in [-0.39, 0.29) is 11.3 Å². The van der Waals surface area contributed by atoms with E-state index < -0.39 is 12.3 Å². The van der Waals surface area contributed by atoms with E-state index in [0.717, 1.165) is 37.4 Å². The van der Waals surface area contributed by atoms with Crippen LogP contribution in [-0.4, -0.2) is 23.2 Å². The molecule has 4 saturated carbocycles. The molecule has 5 rings (SSSR count). The third-order valence-electron chi connectivity index (χ3n) is 9.67. The minimum absolute atomic E-state index is 0.131. The number of rotatable bonds is 4. The Kier molecular flexibility index (Phi) is 4.92. The van der Waals surface area contributed by atoms with E-state index in [2.05, 4.69) is 6.92 Å². The maximum atomic E-state index is 13.3. The van der Waals surface area contributed by atoms with Gasteiger partial charge in [-0.15, -0.1) is 0 Å². The number of alkyl halides is 1. The molecule has 0 saturated heterocycles. The van der Waals surface area contributed by atoms with Crippen LogP contribution in [0.25, 0.3) is 0 Å². The van der Waals surface area contributed by atoms with Crippen LogP contribution in [0.15, 0.2) is 22.8 Å². The van der Waals surface area contributed by atoms with E-state index in [1.54, 1.807) is 6.26 Å². The van der Waals surface area contributed by atoms with Crippen LogP contribution in [0.5, 0.6) is 0 Å². The molecule has 0 aromatic carbocycles. The largest absolute Gasteiger partial charge is 0.469 e. The molecule has 160 valence electrons. The third kappa shape index (κ3) is 3.21. The van der Waals surface area contributed by atoms with Gasteiger partial charge in [-0.2, -0.15) is 0 Å². The molecule has 1 aromatic rings. The molecule has 4 heteroatoms. The van der Waals surface area contributed by atoms with Crippen LogP contribution in [0.2, 0.25) is 0 Å². The van der Waals surface area contributed by atoms with Crippen LogP contribution < -0.4 is 0 Å². The first-order valence-corrected chi connectivity index (χ1v) is 11.8. The normalized spacial score (nSPS) is 46.6. The lowest BCUT2D eigenvalue weighted by atomic mass is 9.49. The Hall–Kier alpha value is -1.16. The number of aliphatic hydroxyl groups is 1. The van der Waals surface area contributed by atoms with E-state index in [1.165, 1.54) is 19.3 Å². The topological polar surface area (TPSA) is 50.4 Å². The van der Waals surface area contributed by atoms with Gasteiger partial charge in [0.25, 0.3) is 0 Å². The zero-order valence-corrected chi connectivity index (χ0v) is 17.6. The first-order valence-electron chi connectivity index (χ1n) is 11.8. The summed E-state index contributed by atoms with van der Waals surface area (Å²) in [7, 11) is 0. The van der Waals surface area contributed by atoms with Gasteiger partial charge < -0.3 is 9.52 Å². The molecule has 0 unspecified atom stereocenters. The number of fused-ring (bicyclic) bond motifs is 5. The van der Waals surface area contributed by atoms with Crippen molar-refractivity contribution in [3.63, 3.8) is 0 Å². The number of carbonyl (C=O) groups is 1. The van der Waals surface area contributed by atoms with Crippen molar-refractivity contribution in [2.75, 3.05) is 6.67 Å². The number of halogens is 1. The highest BCUT2D eigenvalue weighted by Crippen LogP contribution is 2.64. The minimum atomic E-state index is -1.06. The molecule has 8 atom stereocenters. The van der Waals surface area contributed by atoms with Gasteiger partial charge >= 0.3 is 0 Å². The molecule has 0 aliphatic heterocycles. The van der Waals surface area contributed by atoms with Gasteiger partial charge in [-0.3, -0.25) is 4.79 Å². The molecule has 4 fully saturated rings. The first kappa shape index (κ1) is 19.8. The van der Waals surface area contributed by atoms with Crippen LogP contribution in [0.4, 0.5) is 4.39 Å². The monoisotopic (exact) mass is 402 g/mol. The Bertz CT molecular complexity index is 745. The number of hydrogen-bond acceptors (Lipinski definition) is 3. The van der Waals surface area contributed by atoms with Gasteiger partial charge in [0.15, 0.2) is 0 Å². The van der Waals surface area contributed by atoms with E-state index >= 15 is 0 Å². The van der Waals surface area contributed by atoms with Crippen molar-refractivity contribution in [2.24, 2.45) is 40.9 Å². The molecule has 4 aliphatic carbocycles. The van der Waals surface area contributed by atoms with Crippen molar-refractivity contribution in [2.45, 2.75) is 76.7 Å². The van der Waals surface area contributed by atoms with Crippen LogP contribution in [0, 0.1) is 40.9 Å². The summed E-state index contributed by atoms with van der Waals surface area (Å²) in [6.07, 6.45) is 11.2. The summed E-state index contributed by atoms with van der Waals surface area (Å²) in [5, 5.41) is 10.5. The molecular formula is C25H35FO3. The van der Waals surface area contributed by atoms with Gasteiger partial charge in [0, 0.05) is 5.92 Å². The Labute approximate surface area is 173 Å². The standard InChI is InChI=1S/C25H35FO3/c1-24-10-8-19-18-9-11-25(28,15-26)14-16(18)4-5-20(19)21(24)6-7-22(24)23(27)13-17-3-2-12-29-17/h2-3,12,16,18-22,28H,4-11,13-15H2,1H3/t16-,18+,19-,20-,21+,22-,24+,25-/m1/s1. The molecule has 1 aromatic heterocycles. The molecule has 4 aliphatic rings. The van der Waals surface area contributed by atoms with Crippen LogP contribution >= 0.6 is 0 Å². The molecule has 0 radical (unpaired) electrons. The third-order valence-corrected chi connectivity index (χ3v) is 9.67. The summed E-state index contributed by atoms with van der Waals surface area (Å²) in [5.74, 6) is 4.55. The van der Waals surface area contributed by atoms with Crippen molar-refractivity contribution >= 4 is 5.78 Å². The lowest BCUT2D eigenvalue weighted by Gasteiger charge is -2.57. The van der Waals surface area contributed by atoms with Crippen molar-refractivity contribution < 1.29 is 18.7 Å². The Balaban J connectivity index is 1.31. The summed E-state index contributed by atoms with van der Waals surface area (Å²) >= 11 is 0.